The molecular formula is C4H10Na2O8. The van der Waals surface area contributed by atoms with Gasteiger partial charge in [0.25, 0.3) is 0 Å². The number of aliphatic hydroxyl groups excluding tert-OH is 2. The zero-order valence-corrected chi connectivity index (χ0v) is 11.8. The van der Waals surface area contributed by atoms with Crippen molar-refractivity contribution in [2.45, 2.75) is 12.2 Å². The van der Waals surface area contributed by atoms with Gasteiger partial charge in [-0.15, -0.1) is 0 Å². The Morgan fingerprint density at radius 1 is 0.786 bits per heavy atom. The summed E-state index contributed by atoms with van der Waals surface area (Å²) in [5.41, 5.74) is 0. The van der Waals surface area contributed by atoms with E-state index in [1.54, 1.807) is 0 Å². The molecule has 0 aliphatic carbocycles. The summed E-state index contributed by atoms with van der Waals surface area (Å²) in [6.45, 7) is 0. The average Bonchev–Trinajstić information content (AvgIpc) is 1.84. The van der Waals surface area contributed by atoms with Crippen LogP contribution in [-0.2, 0) is 9.59 Å². The van der Waals surface area contributed by atoms with Crippen molar-refractivity contribution in [3.8, 4) is 0 Å². The molecule has 0 saturated carbocycles. The van der Waals surface area contributed by atoms with Crippen LogP contribution in [0.5, 0.6) is 0 Å². The van der Waals surface area contributed by atoms with Gasteiger partial charge in [0.15, 0.2) is 12.2 Å². The van der Waals surface area contributed by atoms with Gasteiger partial charge in [0, 0.05) is 59.1 Å². The minimum Gasteiger partial charge on any atom is -0.479 e. The van der Waals surface area contributed by atoms with Crippen LogP contribution in [0.4, 0.5) is 0 Å². The first-order chi connectivity index (χ1) is 4.46. The molecule has 0 saturated heterocycles. The summed E-state index contributed by atoms with van der Waals surface area (Å²) in [6, 6.07) is 0. The second-order valence-electron chi connectivity index (χ2n) is 1.57. The van der Waals surface area contributed by atoms with Crippen molar-refractivity contribution < 1.29 is 41.0 Å². The molecule has 8 N–H and O–H groups in total. The van der Waals surface area contributed by atoms with Crippen LogP contribution in [0.1, 0.15) is 0 Å². The van der Waals surface area contributed by atoms with E-state index in [0.717, 1.165) is 0 Å². The molecule has 2 unspecified atom stereocenters. The molecule has 0 bridgehead atoms. The summed E-state index contributed by atoms with van der Waals surface area (Å²) < 4.78 is 0. The first-order valence-corrected chi connectivity index (χ1v) is 2.28. The minimum absolute atomic E-state index is 0. The van der Waals surface area contributed by atoms with Gasteiger partial charge in [-0.25, -0.2) is 9.59 Å². The van der Waals surface area contributed by atoms with Crippen molar-refractivity contribution in [2.24, 2.45) is 0 Å². The number of carboxylic acids is 2. The third-order valence-corrected chi connectivity index (χ3v) is 0.805. The first-order valence-electron chi connectivity index (χ1n) is 2.28. The van der Waals surface area contributed by atoms with Crippen LogP contribution in [-0.4, -0.2) is 115 Å². The molecule has 0 fully saturated rings. The van der Waals surface area contributed by atoms with E-state index >= 15 is 0 Å². The Balaban J connectivity index is -0.0000000675. The van der Waals surface area contributed by atoms with Crippen molar-refractivity contribution in [1.29, 1.82) is 0 Å². The molecule has 0 heterocycles. The Labute approximate surface area is 123 Å². The topological polar surface area (TPSA) is 178 Å². The molecular weight excluding hydrogens is 222 g/mol. The second-order valence-corrected chi connectivity index (χ2v) is 1.57. The number of carboxylic acid groups (broad SMARTS) is 2. The SMILES string of the molecule is O.O.O=C(O)C(O)C(O)C(=O)O.[Na].[Na]. The van der Waals surface area contributed by atoms with E-state index in [1.807, 2.05) is 0 Å². The molecule has 0 aliphatic heterocycles. The van der Waals surface area contributed by atoms with Crippen LogP contribution in [0, 0.1) is 0 Å². The Bertz CT molecular complexity index is 143. The van der Waals surface area contributed by atoms with E-state index < -0.39 is 24.1 Å². The van der Waals surface area contributed by atoms with Crippen molar-refractivity contribution in [3.05, 3.63) is 0 Å². The largest absolute Gasteiger partial charge is 0.479 e. The van der Waals surface area contributed by atoms with E-state index in [9.17, 15) is 9.59 Å². The number of rotatable bonds is 3. The summed E-state index contributed by atoms with van der Waals surface area (Å²) in [5, 5.41) is 32.5. The summed E-state index contributed by atoms with van der Waals surface area (Å²) in [6.07, 6.45) is -4.53. The average molecular weight is 232 g/mol. The maximum atomic E-state index is 9.77. The van der Waals surface area contributed by atoms with Crippen molar-refractivity contribution >= 4 is 71.1 Å². The Hall–Kier alpha value is 0.780. The molecule has 0 spiro atoms. The third-order valence-electron chi connectivity index (χ3n) is 0.805. The number of hydrogen-bond donors (Lipinski definition) is 4. The van der Waals surface area contributed by atoms with E-state index in [-0.39, 0.29) is 70.1 Å². The van der Waals surface area contributed by atoms with Gasteiger partial charge in [0.05, 0.1) is 0 Å². The van der Waals surface area contributed by atoms with Gasteiger partial charge in [-0.3, -0.25) is 0 Å². The first kappa shape index (κ1) is 29.3. The smallest absolute Gasteiger partial charge is 0.335 e. The fourth-order valence-corrected chi connectivity index (χ4v) is 0.270. The van der Waals surface area contributed by atoms with E-state index in [0.29, 0.717) is 0 Å². The van der Waals surface area contributed by atoms with Crippen molar-refractivity contribution in [2.75, 3.05) is 0 Å². The number of carbonyl (C=O) groups is 2. The molecule has 0 aromatic rings. The molecule has 10 heteroatoms. The molecule has 2 atom stereocenters. The Kier molecular flexibility index (Phi) is 28.9. The number of aliphatic carboxylic acids is 2. The van der Waals surface area contributed by atoms with Gasteiger partial charge in [-0.2, -0.15) is 0 Å². The van der Waals surface area contributed by atoms with Crippen LogP contribution in [0.3, 0.4) is 0 Å². The normalized spacial score (nSPS) is 11.3. The van der Waals surface area contributed by atoms with Crippen LogP contribution in [0.15, 0.2) is 0 Å². The van der Waals surface area contributed by atoms with Gasteiger partial charge < -0.3 is 31.4 Å². The summed E-state index contributed by atoms with van der Waals surface area (Å²) in [4.78, 5) is 19.5. The predicted octanol–water partition coefficient (Wildman–Crippen LogP) is -4.53. The van der Waals surface area contributed by atoms with Gasteiger partial charge in [0.1, 0.15) is 0 Å². The van der Waals surface area contributed by atoms with E-state index in [2.05, 4.69) is 0 Å². The molecule has 0 aromatic heterocycles. The maximum Gasteiger partial charge on any atom is 0.335 e. The molecule has 8 nitrogen and oxygen atoms in total. The van der Waals surface area contributed by atoms with Gasteiger partial charge in [0.2, 0.25) is 0 Å². The summed E-state index contributed by atoms with van der Waals surface area (Å²) >= 11 is 0. The zero-order chi connectivity index (χ0) is 8.31. The van der Waals surface area contributed by atoms with Gasteiger partial charge in [-0.1, -0.05) is 0 Å². The predicted molar refractivity (Wildman–Crippen MR) is 46.0 cm³/mol. The second kappa shape index (κ2) is 13.8. The van der Waals surface area contributed by atoms with Gasteiger partial charge in [-0.05, 0) is 0 Å². The summed E-state index contributed by atoms with van der Waals surface area (Å²) in [5.74, 6) is -3.54. The van der Waals surface area contributed by atoms with Gasteiger partial charge >= 0.3 is 11.9 Å². The molecule has 0 amide bonds. The van der Waals surface area contributed by atoms with E-state index in [4.69, 9.17) is 20.4 Å². The van der Waals surface area contributed by atoms with Crippen LogP contribution < -0.4 is 0 Å². The number of aliphatic hydroxyl groups is 2. The van der Waals surface area contributed by atoms with Crippen molar-refractivity contribution in [3.63, 3.8) is 0 Å². The van der Waals surface area contributed by atoms with Crippen molar-refractivity contribution in [1.82, 2.24) is 0 Å². The molecule has 2 radical (unpaired) electrons. The van der Waals surface area contributed by atoms with Crippen LogP contribution >= 0.6 is 0 Å². The minimum atomic E-state index is -2.27. The quantitative estimate of drug-likeness (QED) is 0.356. The molecule has 0 rings (SSSR count). The standard InChI is InChI=1S/C4H6O6.2Na.2H2O/c5-1(3(7)8)2(6)4(9)10;;;;/h1-2,5-6H,(H,7,8)(H,9,10);;;2*1H2. The van der Waals surface area contributed by atoms with Crippen LogP contribution in [0.25, 0.3) is 0 Å². The third kappa shape index (κ3) is 10.9. The molecule has 14 heavy (non-hydrogen) atoms. The molecule has 0 aliphatic rings. The Morgan fingerprint density at radius 2 is 0.929 bits per heavy atom. The fraction of sp³-hybridized carbons (Fsp3) is 0.500. The number of hydrogen-bond acceptors (Lipinski definition) is 4. The maximum absolute atomic E-state index is 9.77. The summed E-state index contributed by atoms with van der Waals surface area (Å²) in [7, 11) is 0. The van der Waals surface area contributed by atoms with Crippen LogP contribution in [0.2, 0.25) is 0 Å². The van der Waals surface area contributed by atoms with E-state index in [1.165, 1.54) is 0 Å². The fourth-order valence-electron chi connectivity index (χ4n) is 0.270. The molecule has 76 valence electrons. The zero-order valence-electron chi connectivity index (χ0n) is 7.76. The molecule has 0 aromatic carbocycles. The Morgan fingerprint density at radius 3 is 1.00 bits per heavy atom. The monoisotopic (exact) mass is 232 g/mol.